The van der Waals surface area contributed by atoms with Crippen LogP contribution in [0.5, 0.6) is 0 Å². The summed E-state index contributed by atoms with van der Waals surface area (Å²) in [6.45, 7) is 5.74. The van der Waals surface area contributed by atoms with Crippen LogP contribution in [0.4, 0.5) is 0 Å². The summed E-state index contributed by atoms with van der Waals surface area (Å²) < 4.78 is 7.34. The van der Waals surface area contributed by atoms with Gasteiger partial charge in [-0.2, -0.15) is 0 Å². The van der Waals surface area contributed by atoms with Crippen molar-refractivity contribution >= 4 is 5.91 Å². The predicted molar refractivity (Wildman–Crippen MR) is 81.5 cm³/mol. The van der Waals surface area contributed by atoms with E-state index in [4.69, 9.17) is 4.74 Å². The highest BCUT2D eigenvalue weighted by Gasteiger charge is 2.28. The SMILES string of the molecule is C[C@@H]1CN(C(=O)c2cn(Cc3ccccc3)nn2)C[C@H](C)O1. The van der Waals surface area contributed by atoms with E-state index in [1.165, 1.54) is 0 Å². The summed E-state index contributed by atoms with van der Waals surface area (Å²) >= 11 is 0. The molecule has 22 heavy (non-hydrogen) atoms. The van der Waals surface area contributed by atoms with Gasteiger partial charge in [0.15, 0.2) is 5.69 Å². The van der Waals surface area contributed by atoms with Crippen LogP contribution in [0.15, 0.2) is 36.5 Å². The lowest BCUT2D eigenvalue weighted by Gasteiger charge is -2.34. The van der Waals surface area contributed by atoms with E-state index >= 15 is 0 Å². The molecule has 0 unspecified atom stereocenters. The fraction of sp³-hybridized carbons (Fsp3) is 0.438. The van der Waals surface area contributed by atoms with Crippen molar-refractivity contribution in [3.8, 4) is 0 Å². The number of nitrogens with zero attached hydrogens (tertiary/aromatic N) is 4. The standard InChI is InChI=1S/C16H20N4O2/c1-12-8-19(9-13(2)22-12)16(21)15-11-20(18-17-15)10-14-6-4-3-5-7-14/h3-7,11-13H,8-10H2,1-2H3/t12-,13+. The molecule has 3 rings (SSSR count). The highest BCUT2D eigenvalue weighted by Crippen LogP contribution is 2.13. The first-order valence-corrected chi connectivity index (χ1v) is 7.50. The van der Waals surface area contributed by atoms with Gasteiger partial charge in [0.2, 0.25) is 0 Å². The van der Waals surface area contributed by atoms with Gasteiger partial charge in [0.25, 0.3) is 5.91 Å². The number of benzene rings is 1. The van der Waals surface area contributed by atoms with Gasteiger partial charge >= 0.3 is 0 Å². The van der Waals surface area contributed by atoms with Crippen molar-refractivity contribution in [3.63, 3.8) is 0 Å². The summed E-state index contributed by atoms with van der Waals surface area (Å²) in [6.07, 6.45) is 1.80. The average molecular weight is 300 g/mol. The van der Waals surface area contributed by atoms with Crippen molar-refractivity contribution in [2.75, 3.05) is 13.1 Å². The van der Waals surface area contributed by atoms with E-state index in [9.17, 15) is 4.79 Å². The Bertz CT molecular complexity index is 631. The first-order valence-electron chi connectivity index (χ1n) is 7.50. The Labute approximate surface area is 129 Å². The number of amides is 1. The molecule has 1 amide bonds. The van der Waals surface area contributed by atoms with E-state index in [1.54, 1.807) is 15.8 Å². The van der Waals surface area contributed by atoms with Gasteiger partial charge in [0.1, 0.15) is 0 Å². The zero-order chi connectivity index (χ0) is 15.5. The van der Waals surface area contributed by atoms with Crippen molar-refractivity contribution in [1.29, 1.82) is 0 Å². The third-order valence-corrected chi connectivity index (χ3v) is 3.65. The number of hydrogen-bond donors (Lipinski definition) is 0. The van der Waals surface area contributed by atoms with Crippen LogP contribution in [0.1, 0.15) is 29.9 Å². The van der Waals surface area contributed by atoms with E-state index in [2.05, 4.69) is 10.3 Å². The Balaban J connectivity index is 1.69. The lowest BCUT2D eigenvalue weighted by molar-refractivity contribution is -0.0587. The van der Waals surface area contributed by atoms with Crippen LogP contribution in [0.25, 0.3) is 0 Å². The quantitative estimate of drug-likeness (QED) is 0.863. The Kier molecular flexibility index (Phi) is 4.20. The van der Waals surface area contributed by atoms with Crippen molar-refractivity contribution in [1.82, 2.24) is 19.9 Å². The highest BCUT2D eigenvalue weighted by atomic mass is 16.5. The van der Waals surface area contributed by atoms with E-state index < -0.39 is 0 Å². The monoisotopic (exact) mass is 300 g/mol. The first-order chi connectivity index (χ1) is 10.6. The van der Waals surface area contributed by atoms with Gasteiger partial charge in [-0.15, -0.1) is 5.10 Å². The number of hydrogen-bond acceptors (Lipinski definition) is 4. The minimum Gasteiger partial charge on any atom is -0.372 e. The maximum atomic E-state index is 12.5. The van der Waals surface area contributed by atoms with Gasteiger partial charge in [-0.1, -0.05) is 35.5 Å². The molecule has 6 nitrogen and oxygen atoms in total. The number of carbonyl (C=O) groups is 1. The molecule has 0 spiro atoms. The smallest absolute Gasteiger partial charge is 0.276 e. The summed E-state index contributed by atoms with van der Waals surface area (Å²) in [4.78, 5) is 14.3. The maximum Gasteiger partial charge on any atom is 0.276 e. The fourth-order valence-corrected chi connectivity index (χ4v) is 2.75. The Morgan fingerprint density at radius 2 is 1.91 bits per heavy atom. The molecule has 2 heterocycles. The fourth-order valence-electron chi connectivity index (χ4n) is 2.75. The Morgan fingerprint density at radius 1 is 1.23 bits per heavy atom. The number of carbonyl (C=O) groups excluding carboxylic acids is 1. The summed E-state index contributed by atoms with van der Waals surface area (Å²) in [7, 11) is 0. The minimum absolute atomic E-state index is 0.0482. The molecule has 0 radical (unpaired) electrons. The zero-order valence-corrected chi connectivity index (χ0v) is 12.8. The molecule has 6 heteroatoms. The van der Waals surface area contributed by atoms with Crippen LogP contribution in [-0.2, 0) is 11.3 Å². The van der Waals surface area contributed by atoms with E-state index in [-0.39, 0.29) is 18.1 Å². The molecular formula is C16H20N4O2. The second-order valence-electron chi connectivity index (χ2n) is 5.75. The Hall–Kier alpha value is -2.21. The van der Waals surface area contributed by atoms with Crippen molar-refractivity contribution in [3.05, 3.63) is 47.8 Å². The lowest BCUT2D eigenvalue weighted by Crippen LogP contribution is -2.48. The number of rotatable bonds is 3. The van der Waals surface area contributed by atoms with Crippen LogP contribution >= 0.6 is 0 Å². The highest BCUT2D eigenvalue weighted by molar-refractivity contribution is 5.92. The van der Waals surface area contributed by atoms with Gasteiger partial charge < -0.3 is 9.64 Å². The molecule has 2 atom stereocenters. The summed E-state index contributed by atoms with van der Waals surface area (Å²) in [5.74, 6) is -0.0821. The van der Waals surface area contributed by atoms with Crippen LogP contribution in [0, 0.1) is 0 Å². The van der Waals surface area contributed by atoms with Gasteiger partial charge in [-0.25, -0.2) is 4.68 Å². The van der Waals surface area contributed by atoms with Crippen molar-refractivity contribution < 1.29 is 9.53 Å². The Morgan fingerprint density at radius 3 is 2.59 bits per heavy atom. The first kappa shape index (κ1) is 14.7. The molecule has 1 aliphatic heterocycles. The molecule has 1 aromatic heterocycles. The van der Waals surface area contributed by atoms with Gasteiger partial charge in [-0.3, -0.25) is 4.79 Å². The molecule has 0 N–H and O–H groups in total. The molecule has 0 aliphatic carbocycles. The molecule has 1 aliphatic rings. The van der Waals surface area contributed by atoms with Gasteiger partial charge in [-0.05, 0) is 19.4 Å². The number of ether oxygens (including phenoxy) is 1. The second kappa shape index (κ2) is 6.27. The van der Waals surface area contributed by atoms with Crippen LogP contribution in [-0.4, -0.2) is 51.1 Å². The molecule has 1 aromatic carbocycles. The maximum absolute atomic E-state index is 12.5. The average Bonchev–Trinajstić information content (AvgIpc) is 2.95. The van der Waals surface area contributed by atoms with E-state index in [0.717, 1.165) is 5.56 Å². The molecule has 116 valence electrons. The van der Waals surface area contributed by atoms with E-state index in [1.807, 2.05) is 44.2 Å². The van der Waals surface area contributed by atoms with Crippen molar-refractivity contribution in [2.24, 2.45) is 0 Å². The van der Waals surface area contributed by atoms with Crippen LogP contribution in [0.3, 0.4) is 0 Å². The number of morpholine rings is 1. The molecule has 0 bridgehead atoms. The second-order valence-corrected chi connectivity index (χ2v) is 5.75. The lowest BCUT2D eigenvalue weighted by atomic mass is 10.2. The summed E-state index contributed by atoms with van der Waals surface area (Å²) in [6, 6.07) is 9.98. The van der Waals surface area contributed by atoms with Gasteiger partial charge in [0, 0.05) is 13.1 Å². The third kappa shape index (κ3) is 3.33. The molecule has 1 fully saturated rings. The van der Waals surface area contributed by atoms with E-state index in [0.29, 0.717) is 25.3 Å². The van der Waals surface area contributed by atoms with Gasteiger partial charge in [0.05, 0.1) is 24.9 Å². The predicted octanol–water partition coefficient (Wildman–Crippen LogP) is 1.58. The van der Waals surface area contributed by atoms with Crippen molar-refractivity contribution in [2.45, 2.75) is 32.6 Å². The minimum atomic E-state index is -0.0821. The third-order valence-electron chi connectivity index (χ3n) is 3.65. The largest absolute Gasteiger partial charge is 0.372 e. The zero-order valence-electron chi connectivity index (χ0n) is 12.8. The molecule has 1 saturated heterocycles. The normalized spacial score (nSPS) is 21.8. The summed E-state index contributed by atoms with van der Waals surface area (Å²) in [5, 5.41) is 8.07. The van der Waals surface area contributed by atoms with Crippen LogP contribution in [0.2, 0.25) is 0 Å². The topological polar surface area (TPSA) is 60.2 Å². The number of aromatic nitrogens is 3. The molecule has 0 saturated carbocycles. The van der Waals surface area contributed by atoms with Crippen LogP contribution < -0.4 is 0 Å². The molecular weight excluding hydrogens is 280 g/mol. The molecule has 2 aromatic rings. The summed E-state index contributed by atoms with van der Waals surface area (Å²) in [5.41, 5.74) is 1.51.